The smallest absolute Gasteiger partial charge is 0.119 e. The van der Waals surface area contributed by atoms with Gasteiger partial charge in [-0.2, -0.15) is 0 Å². The largest absolute Gasteiger partial charge is 0.497 e. The first-order chi connectivity index (χ1) is 14.7. The first kappa shape index (κ1) is 19.5. The molecular formula is C25H29N3O2. The van der Waals surface area contributed by atoms with Crippen LogP contribution >= 0.6 is 0 Å². The maximum atomic E-state index is 11.6. The quantitative estimate of drug-likeness (QED) is 0.682. The van der Waals surface area contributed by atoms with E-state index in [1.807, 2.05) is 42.6 Å². The Balaban J connectivity index is 1.59. The molecule has 3 aliphatic rings. The van der Waals surface area contributed by atoms with E-state index in [-0.39, 0.29) is 6.04 Å². The van der Waals surface area contributed by atoms with Gasteiger partial charge in [0.1, 0.15) is 5.75 Å². The summed E-state index contributed by atoms with van der Waals surface area (Å²) in [5.41, 5.74) is 3.61. The average Bonchev–Trinajstić information content (AvgIpc) is 2.83. The molecule has 1 aromatic carbocycles. The minimum absolute atomic E-state index is 0.157. The maximum absolute atomic E-state index is 11.6. The van der Waals surface area contributed by atoms with Crippen molar-refractivity contribution >= 4 is 10.9 Å². The predicted molar refractivity (Wildman–Crippen MR) is 118 cm³/mol. The fraction of sp³-hybridized carbons (Fsp3) is 0.440. The lowest BCUT2D eigenvalue weighted by Crippen LogP contribution is -2.55. The van der Waals surface area contributed by atoms with Crippen LogP contribution in [0.25, 0.3) is 22.2 Å². The third-order valence-electron chi connectivity index (χ3n) is 7.15. The van der Waals surface area contributed by atoms with E-state index in [4.69, 9.17) is 9.72 Å². The molecule has 5 heteroatoms. The molecule has 5 nitrogen and oxygen atoms in total. The molecule has 1 unspecified atom stereocenters. The van der Waals surface area contributed by atoms with E-state index in [2.05, 4.69) is 16.8 Å². The monoisotopic (exact) mass is 403 g/mol. The van der Waals surface area contributed by atoms with Crippen molar-refractivity contribution in [3.63, 3.8) is 0 Å². The Bertz CT molecular complexity index is 1040. The Hall–Kier alpha value is -2.50. The van der Waals surface area contributed by atoms with Gasteiger partial charge < -0.3 is 9.84 Å². The number of hydrogen-bond acceptors (Lipinski definition) is 5. The van der Waals surface area contributed by atoms with Gasteiger partial charge in [0.2, 0.25) is 0 Å². The number of pyridine rings is 2. The Labute approximate surface area is 177 Å². The Kier molecular flexibility index (Phi) is 5.17. The second-order valence-electron chi connectivity index (χ2n) is 8.68. The molecule has 2 aromatic heterocycles. The molecule has 3 fully saturated rings. The van der Waals surface area contributed by atoms with Crippen molar-refractivity contribution in [2.75, 3.05) is 20.2 Å². The maximum Gasteiger partial charge on any atom is 0.119 e. The summed E-state index contributed by atoms with van der Waals surface area (Å²) in [5, 5.41) is 12.6. The number of aromatic nitrogens is 2. The Morgan fingerprint density at radius 1 is 1.27 bits per heavy atom. The lowest BCUT2D eigenvalue weighted by atomic mass is 9.72. The van der Waals surface area contributed by atoms with Crippen molar-refractivity contribution in [1.82, 2.24) is 14.9 Å². The number of ether oxygens (including phenoxy) is 1. The van der Waals surface area contributed by atoms with Crippen molar-refractivity contribution in [3.05, 3.63) is 54.4 Å². The van der Waals surface area contributed by atoms with E-state index < -0.39 is 6.10 Å². The SMILES string of the molecule is CC[C@H]1CN2CC[C@H]1C[C@H]2[C@H](O)c1cc(-c2cccnc2)nc2ccc(OC)cc12. The molecule has 6 rings (SSSR count). The zero-order chi connectivity index (χ0) is 20.7. The first-order valence-corrected chi connectivity index (χ1v) is 11.0. The van der Waals surface area contributed by atoms with Crippen molar-refractivity contribution in [1.29, 1.82) is 0 Å². The normalized spacial score (nSPS) is 26.6. The summed E-state index contributed by atoms with van der Waals surface area (Å²) in [7, 11) is 1.67. The van der Waals surface area contributed by atoms with Crippen LogP contribution in [0.1, 0.15) is 37.9 Å². The molecule has 5 atom stereocenters. The highest BCUT2D eigenvalue weighted by atomic mass is 16.5. The molecule has 156 valence electrons. The molecule has 0 spiro atoms. The summed E-state index contributed by atoms with van der Waals surface area (Å²) < 4.78 is 5.47. The van der Waals surface area contributed by atoms with Crippen molar-refractivity contribution in [2.45, 2.75) is 38.3 Å². The number of benzene rings is 1. The van der Waals surface area contributed by atoms with Gasteiger partial charge in [0.05, 0.1) is 24.4 Å². The summed E-state index contributed by atoms with van der Waals surface area (Å²) in [6.07, 6.45) is 6.58. The summed E-state index contributed by atoms with van der Waals surface area (Å²) >= 11 is 0. The van der Waals surface area contributed by atoms with Gasteiger partial charge in [0, 0.05) is 35.9 Å². The third kappa shape index (κ3) is 3.36. The molecule has 1 N–H and O–H groups in total. The molecular weight excluding hydrogens is 374 g/mol. The fourth-order valence-corrected chi connectivity index (χ4v) is 5.44. The van der Waals surface area contributed by atoms with E-state index in [0.29, 0.717) is 0 Å². The van der Waals surface area contributed by atoms with Crippen LogP contribution in [0, 0.1) is 11.8 Å². The van der Waals surface area contributed by atoms with Crippen molar-refractivity contribution < 1.29 is 9.84 Å². The van der Waals surface area contributed by atoms with Crippen LogP contribution in [-0.2, 0) is 0 Å². The second kappa shape index (κ2) is 7.97. The van der Waals surface area contributed by atoms with Gasteiger partial charge in [0.15, 0.2) is 0 Å². The van der Waals surface area contributed by atoms with Crippen LogP contribution in [0.5, 0.6) is 5.75 Å². The number of piperidine rings is 3. The van der Waals surface area contributed by atoms with Crippen LogP contribution in [0.2, 0.25) is 0 Å². The van der Waals surface area contributed by atoms with Crippen LogP contribution in [0.4, 0.5) is 0 Å². The number of methoxy groups -OCH3 is 1. The highest BCUT2D eigenvalue weighted by molar-refractivity contribution is 5.87. The van der Waals surface area contributed by atoms with Gasteiger partial charge in [-0.1, -0.05) is 13.3 Å². The lowest BCUT2D eigenvalue weighted by Gasteiger charge is -2.51. The molecule has 3 aliphatic heterocycles. The highest BCUT2D eigenvalue weighted by Gasteiger charge is 2.42. The van der Waals surface area contributed by atoms with Crippen molar-refractivity contribution in [2.24, 2.45) is 11.8 Å². The van der Waals surface area contributed by atoms with Gasteiger partial charge >= 0.3 is 0 Å². The van der Waals surface area contributed by atoms with E-state index in [9.17, 15) is 5.11 Å². The number of nitrogens with zero attached hydrogens (tertiary/aromatic N) is 3. The summed E-state index contributed by atoms with van der Waals surface area (Å²) in [6.45, 7) is 4.48. The van der Waals surface area contributed by atoms with Gasteiger partial charge in [-0.3, -0.25) is 9.88 Å². The highest BCUT2D eigenvalue weighted by Crippen LogP contribution is 2.43. The topological polar surface area (TPSA) is 58.5 Å². The zero-order valence-electron chi connectivity index (χ0n) is 17.7. The fourth-order valence-electron chi connectivity index (χ4n) is 5.44. The summed E-state index contributed by atoms with van der Waals surface area (Å²) in [6, 6.07) is 12.0. The number of hydrogen-bond donors (Lipinski definition) is 1. The second-order valence-corrected chi connectivity index (χ2v) is 8.68. The number of rotatable bonds is 5. The van der Waals surface area contributed by atoms with Gasteiger partial charge in [-0.05, 0) is 73.2 Å². The molecule has 5 heterocycles. The Morgan fingerprint density at radius 2 is 2.17 bits per heavy atom. The van der Waals surface area contributed by atoms with E-state index in [1.165, 1.54) is 12.8 Å². The molecule has 3 aromatic rings. The number of aliphatic hydroxyl groups is 1. The lowest BCUT2D eigenvalue weighted by molar-refractivity contribution is -0.0562. The third-order valence-corrected chi connectivity index (χ3v) is 7.15. The minimum atomic E-state index is -0.557. The zero-order valence-corrected chi connectivity index (χ0v) is 17.7. The minimum Gasteiger partial charge on any atom is -0.497 e. The standard InChI is InChI=1S/C25H29N3O2/c1-3-16-15-28-10-8-17(16)11-24(28)25(29)21-13-23(18-5-4-9-26-14-18)27-22-7-6-19(30-2)12-20(21)22/h4-7,9,12-14,16-17,24-25,29H,3,8,10-11,15H2,1-2H3/t16-,17-,24-,25+/m0/s1. The summed E-state index contributed by atoms with van der Waals surface area (Å²) in [4.78, 5) is 11.6. The van der Waals surface area contributed by atoms with Crippen LogP contribution in [0.3, 0.4) is 0 Å². The molecule has 2 bridgehead atoms. The van der Waals surface area contributed by atoms with E-state index in [0.717, 1.165) is 64.8 Å². The molecule has 3 saturated heterocycles. The predicted octanol–water partition coefficient (Wildman–Crippen LogP) is 4.46. The molecule has 0 radical (unpaired) electrons. The van der Waals surface area contributed by atoms with Gasteiger partial charge in [0.25, 0.3) is 0 Å². The van der Waals surface area contributed by atoms with Gasteiger partial charge in [-0.25, -0.2) is 4.98 Å². The molecule has 0 amide bonds. The average molecular weight is 404 g/mol. The van der Waals surface area contributed by atoms with Crippen LogP contribution in [0.15, 0.2) is 48.8 Å². The Morgan fingerprint density at radius 3 is 2.87 bits per heavy atom. The number of aliphatic hydroxyl groups excluding tert-OH is 1. The summed E-state index contributed by atoms with van der Waals surface area (Å²) in [5.74, 6) is 2.27. The van der Waals surface area contributed by atoms with Crippen LogP contribution in [-0.4, -0.2) is 46.2 Å². The molecule has 30 heavy (non-hydrogen) atoms. The molecule has 0 aliphatic carbocycles. The van der Waals surface area contributed by atoms with E-state index >= 15 is 0 Å². The molecule has 0 saturated carbocycles. The van der Waals surface area contributed by atoms with Crippen LogP contribution < -0.4 is 4.74 Å². The number of fused-ring (bicyclic) bond motifs is 4. The van der Waals surface area contributed by atoms with Gasteiger partial charge in [-0.15, -0.1) is 0 Å². The van der Waals surface area contributed by atoms with Crippen molar-refractivity contribution in [3.8, 4) is 17.0 Å². The first-order valence-electron chi connectivity index (χ1n) is 11.0. The van der Waals surface area contributed by atoms with E-state index in [1.54, 1.807) is 13.3 Å².